The summed E-state index contributed by atoms with van der Waals surface area (Å²) >= 11 is 0. The minimum Gasteiger partial charge on any atom is -0.380 e. The first kappa shape index (κ1) is 17.9. The molecule has 0 heterocycles. The van der Waals surface area contributed by atoms with E-state index >= 15 is 0 Å². The van der Waals surface area contributed by atoms with E-state index in [1.54, 1.807) is 0 Å². The van der Waals surface area contributed by atoms with Crippen molar-refractivity contribution in [3.63, 3.8) is 0 Å². The van der Waals surface area contributed by atoms with Crippen molar-refractivity contribution in [2.75, 3.05) is 26.8 Å². The molecule has 0 aliphatic carbocycles. The molecular formula is C13H17ClFNO4S. The first-order valence-corrected chi connectivity index (χ1v) is 8.57. The van der Waals surface area contributed by atoms with Gasteiger partial charge in [0.15, 0.2) is 0 Å². The second kappa shape index (κ2) is 7.20. The molecule has 5 nitrogen and oxygen atoms in total. The first-order chi connectivity index (χ1) is 9.68. The lowest BCUT2D eigenvalue weighted by atomic mass is 10.1. The Bertz CT molecular complexity index is 633. The molecule has 0 aromatic heterocycles. The van der Waals surface area contributed by atoms with Gasteiger partial charge in [0.1, 0.15) is 5.82 Å². The second-order valence-corrected chi connectivity index (χ2v) is 6.97. The molecule has 1 aromatic carbocycles. The van der Waals surface area contributed by atoms with Gasteiger partial charge in [0.05, 0.1) is 11.5 Å². The van der Waals surface area contributed by atoms with Crippen LogP contribution < -0.4 is 0 Å². The largest absolute Gasteiger partial charge is 0.380 e. The Labute approximate surface area is 128 Å². The number of nitrogens with zero attached hydrogens (tertiary/aromatic N) is 1. The summed E-state index contributed by atoms with van der Waals surface area (Å²) in [5.41, 5.74) is 0.0906. The molecule has 0 bridgehead atoms. The van der Waals surface area contributed by atoms with Gasteiger partial charge in [0.25, 0.3) is 15.0 Å². The van der Waals surface area contributed by atoms with Gasteiger partial charge in [-0.05, 0) is 31.5 Å². The Hall–Kier alpha value is -1.18. The van der Waals surface area contributed by atoms with Gasteiger partial charge in [0.2, 0.25) is 0 Å². The fourth-order valence-corrected chi connectivity index (χ4v) is 2.99. The van der Waals surface area contributed by atoms with E-state index in [1.807, 2.05) is 6.92 Å². The lowest BCUT2D eigenvalue weighted by molar-refractivity contribution is 0.0708. The van der Waals surface area contributed by atoms with Crippen molar-refractivity contribution in [2.45, 2.75) is 18.7 Å². The maximum atomic E-state index is 13.5. The highest BCUT2D eigenvalue weighted by molar-refractivity contribution is 8.13. The molecular weight excluding hydrogens is 321 g/mol. The van der Waals surface area contributed by atoms with E-state index in [2.05, 4.69) is 0 Å². The Morgan fingerprint density at radius 2 is 2.05 bits per heavy atom. The van der Waals surface area contributed by atoms with Gasteiger partial charge in [-0.3, -0.25) is 4.79 Å². The normalized spacial score (nSPS) is 11.5. The number of likely N-dealkylation sites (N-methyl/N-ethyl adjacent to an activating group) is 1. The summed E-state index contributed by atoms with van der Waals surface area (Å²) in [5.74, 6) is -1.32. The maximum Gasteiger partial charge on any atom is 0.261 e. The van der Waals surface area contributed by atoms with Gasteiger partial charge in [0, 0.05) is 36.4 Å². The fourth-order valence-electron chi connectivity index (χ4n) is 1.78. The Balaban J connectivity index is 3.13. The van der Waals surface area contributed by atoms with E-state index in [9.17, 15) is 17.6 Å². The standard InChI is InChI=1S/C13H17ClFNO4S/c1-4-20-6-5-16(3)13(17)11-7-10(15)8-12(9(11)2)21(14,18)19/h7-8H,4-6H2,1-3H3. The summed E-state index contributed by atoms with van der Waals surface area (Å²) in [6, 6.07) is 1.80. The van der Waals surface area contributed by atoms with Crippen molar-refractivity contribution in [1.82, 2.24) is 4.90 Å². The van der Waals surface area contributed by atoms with Crippen LogP contribution in [0.4, 0.5) is 4.39 Å². The third kappa shape index (κ3) is 4.66. The third-order valence-corrected chi connectivity index (χ3v) is 4.39. The molecule has 118 valence electrons. The molecule has 1 aromatic rings. The molecule has 0 saturated heterocycles. The van der Waals surface area contributed by atoms with Crippen molar-refractivity contribution in [2.24, 2.45) is 0 Å². The van der Waals surface area contributed by atoms with Crippen LogP contribution in [0.1, 0.15) is 22.8 Å². The third-order valence-electron chi connectivity index (χ3n) is 2.94. The van der Waals surface area contributed by atoms with E-state index in [-0.39, 0.29) is 11.1 Å². The number of rotatable bonds is 6. The van der Waals surface area contributed by atoms with Crippen molar-refractivity contribution >= 4 is 25.6 Å². The highest BCUT2D eigenvalue weighted by Crippen LogP contribution is 2.24. The van der Waals surface area contributed by atoms with E-state index in [4.69, 9.17) is 15.4 Å². The summed E-state index contributed by atoms with van der Waals surface area (Å²) in [5, 5.41) is 0. The zero-order valence-corrected chi connectivity index (χ0v) is 13.6. The number of hydrogen-bond acceptors (Lipinski definition) is 4. The summed E-state index contributed by atoms with van der Waals surface area (Å²) < 4.78 is 41.5. The predicted molar refractivity (Wildman–Crippen MR) is 77.6 cm³/mol. The van der Waals surface area contributed by atoms with Crippen molar-refractivity contribution in [3.05, 3.63) is 29.1 Å². The Morgan fingerprint density at radius 3 is 2.57 bits per heavy atom. The molecule has 0 N–H and O–H groups in total. The van der Waals surface area contributed by atoms with E-state index < -0.39 is 25.7 Å². The minimum atomic E-state index is -4.12. The average molecular weight is 338 g/mol. The van der Waals surface area contributed by atoms with Crippen LogP contribution in [-0.2, 0) is 13.8 Å². The molecule has 0 atom stereocenters. The number of hydrogen-bond donors (Lipinski definition) is 0. The smallest absolute Gasteiger partial charge is 0.261 e. The van der Waals surface area contributed by atoms with Crippen LogP contribution in [0.25, 0.3) is 0 Å². The van der Waals surface area contributed by atoms with Crippen LogP contribution in [0.3, 0.4) is 0 Å². The minimum absolute atomic E-state index is 0.0341. The maximum absolute atomic E-state index is 13.5. The van der Waals surface area contributed by atoms with Gasteiger partial charge in [-0.25, -0.2) is 12.8 Å². The first-order valence-electron chi connectivity index (χ1n) is 6.26. The Kier molecular flexibility index (Phi) is 6.12. The lowest BCUT2D eigenvalue weighted by Gasteiger charge is -2.19. The number of benzene rings is 1. The zero-order valence-electron chi connectivity index (χ0n) is 12.0. The van der Waals surface area contributed by atoms with Crippen LogP contribution in [0.15, 0.2) is 17.0 Å². The molecule has 0 fully saturated rings. The molecule has 0 saturated carbocycles. The van der Waals surface area contributed by atoms with E-state index in [1.165, 1.54) is 18.9 Å². The number of amides is 1. The number of carbonyl (C=O) groups is 1. The zero-order chi connectivity index (χ0) is 16.2. The van der Waals surface area contributed by atoms with Gasteiger partial charge < -0.3 is 9.64 Å². The van der Waals surface area contributed by atoms with Crippen LogP contribution in [0.5, 0.6) is 0 Å². The molecule has 0 radical (unpaired) electrons. The highest BCUT2D eigenvalue weighted by Gasteiger charge is 2.22. The quantitative estimate of drug-likeness (QED) is 0.589. The topological polar surface area (TPSA) is 63.7 Å². The number of ether oxygens (including phenoxy) is 1. The Morgan fingerprint density at radius 1 is 1.43 bits per heavy atom. The molecule has 1 amide bonds. The van der Waals surface area contributed by atoms with Gasteiger partial charge in [-0.1, -0.05) is 0 Å². The summed E-state index contributed by atoms with van der Waals surface area (Å²) in [6.45, 7) is 4.42. The SMILES string of the molecule is CCOCCN(C)C(=O)c1cc(F)cc(S(=O)(=O)Cl)c1C. The second-order valence-electron chi connectivity index (χ2n) is 4.44. The summed E-state index contributed by atoms with van der Waals surface area (Å²) in [6.07, 6.45) is 0. The average Bonchev–Trinajstić information content (AvgIpc) is 2.39. The fraction of sp³-hybridized carbons (Fsp3) is 0.462. The number of carbonyl (C=O) groups excluding carboxylic acids is 1. The van der Waals surface area contributed by atoms with Crippen molar-refractivity contribution in [1.29, 1.82) is 0 Å². The van der Waals surface area contributed by atoms with Crippen LogP contribution in [-0.4, -0.2) is 46.0 Å². The van der Waals surface area contributed by atoms with Gasteiger partial charge >= 0.3 is 0 Å². The lowest BCUT2D eigenvalue weighted by Crippen LogP contribution is -2.31. The summed E-state index contributed by atoms with van der Waals surface area (Å²) in [7, 11) is 2.66. The van der Waals surface area contributed by atoms with Crippen molar-refractivity contribution in [3.8, 4) is 0 Å². The van der Waals surface area contributed by atoms with E-state index in [0.29, 0.717) is 19.8 Å². The van der Waals surface area contributed by atoms with Gasteiger partial charge in [-0.2, -0.15) is 0 Å². The molecule has 1 rings (SSSR count). The molecule has 0 unspecified atom stereocenters. The molecule has 8 heteroatoms. The number of halogens is 2. The van der Waals surface area contributed by atoms with Crippen LogP contribution in [0.2, 0.25) is 0 Å². The van der Waals surface area contributed by atoms with Crippen LogP contribution >= 0.6 is 10.7 Å². The highest BCUT2D eigenvalue weighted by atomic mass is 35.7. The molecule has 0 aliphatic heterocycles. The van der Waals surface area contributed by atoms with Crippen molar-refractivity contribution < 1.29 is 22.3 Å². The van der Waals surface area contributed by atoms with Gasteiger partial charge in [-0.15, -0.1) is 0 Å². The van der Waals surface area contributed by atoms with Crippen LogP contribution in [0, 0.1) is 12.7 Å². The predicted octanol–water partition coefficient (Wildman–Crippen LogP) is 2.17. The monoisotopic (exact) mass is 337 g/mol. The molecule has 0 aliphatic rings. The molecule has 0 spiro atoms. The molecule has 21 heavy (non-hydrogen) atoms. The van der Waals surface area contributed by atoms with E-state index in [0.717, 1.165) is 12.1 Å². The summed E-state index contributed by atoms with van der Waals surface area (Å²) in [4.78, 5) is 13.2.